The third-order valence-electron chi connectivity index (χ3n) is 4.43. The number of carbonyl (C=O) groups excluding carboxylic acids is 2. The maximum absolute atomic E-state index is 12.6. The van der Waals surface area contributed by atoms with E-state index in [1.807, 2.05) is 30.3 Å². The Morgan fingerprint density at radius 3 is 2.33 bits per heavy atom. The zero-order valence-electron chi connectivity index (χ0n) is 17.0. The van der Waals surface area contributed by atoms with Gasteiger partial charge in [-0.05, 0) is 42.0 Å². The molecule has 30 heavy (non-hydrogen) atoms. The summed E-state index contributed by atoms with van der Waals surface area (Å²) in [6.45, 7) is 0.390. The molecule has 0 unspecified atom stereocenters. The van der Waals surface area contributed by atoms with Crippen molar-refractivity contribution in [3.63, 3.8) is 0 Å². The Labute approximate surface area is 176 Å². The summed E-state index contributed by atoms with van der Waals surface area (Å²) in [6.07, 6.45) is 0. The molecule has 0 radical (unpaired) electrons. The molecular formula is C24H24N2O4. The molecule has 0 atom stereocenters. The van der Waals surface area contributed by atoms with Crippen LogP contribution in [0, 0.1) is 0 Å². The van der Waals surface area contributed by atoms with E-state index in [0.29, 0.717) is 29.3 Å². The van der Waals surface area contributed by atoms with Crippen molar-refractivity contribution in [1.82, 2.24) is 4.90 Å². The van der Waals surface area contributed by atoms with Gasteiger partial charge in [-0.1, -0.05) is 36.4 Å². The standard InChI is InChI=1S/C24H24N2O4/c1-26(16-18-7-4-3-5-8-18)24(28)19-11-13-21(14-12-19)30-17-23(27)25-20-9-6-10-22(15-20)29-2/h3-15H,16-17H2,1-2H3,(H,25,27). The van der Waals surface area contributed by atoms with Gasteiger partial charge >= 0.3 is 0 Å². The SMILES string of the molecule is COc1cccc(NC(=O)COc2ccc(C(=O)N(C)Cc3ccccc3)cc2)c1. The molecule has 0 spiro atoms. The molecule has 0 aliphatic heterocycles. The summed E-state index contributed by atoms with van der Waals surface area (Å²) in [5, 5.41) is 2.75. The second-order valence-electron chi connectivity index (χ2n) is 6.74. The van der Waals surface area contributed by atoms with Crippen LogP contribution in [0.4, 0.5) is 5.69 Å². The van der Waals surface area contributed by atoms with Crippen LogP contribution in [0.25, 0.3) is 0 Å². The summed E-state index contributed by atoms with van der Waals surface area (Å²) >= 11 is 0. The number of methoxy groups -OCH3 is 1. The van der Waals surface area contributed by atoms with Crippen LogP contribution >= 0.6 is 0 Å². The van der Waals surface area contributed by atoms with Crippen molar-refractivity contribution in [3.05, 3.63) is 90.0 Å². The number of ether oxygens (including phenoxy) is 2. The van der Waals surface area contributed by atoms with E-state index < -0.39 is 0 Å². The molecule has 2 amide bonds. The number of hydrogen-bond donors (Lipinski definition) is 1. The first kappa shape index (κ1) is 20.9. The molecule has 3 aromatic rings. The monoisotopic (exact) mass is 404 g/mol. The Kier molecular flexibility index (Phi) is 7.05. The van der Waals surface area contributed by atoms with Gasteiger partial charge in [0.1, 0.15) is 11.5 Å². The zero-order valence-corrected chi connectivity index (χ0v) is 17.0. The van der Waals surface area contributed by atoms with Crippen molar-refractivity contribution in [2.75, 3.05) is 26.1 Å². The molecule has 6 heteroatoms. The molecular weight excluding hydrogens is 380 g/mol. The van der Waals surface area contributed by atoms with Gasteiger partial charge in [-0.2, -0.15) is 0 Å². The number of hydrogen-bond acceptors (Lipinski definition) is 4. The highest BCUT2D eigenvalue weighted by Gasteiger charge is 2.12. The predicted octanol–water partition coefficient (Wildman–Crippen LogP) is 3.98. The second-order valence-corrected chi connectivity index (χ2v) is 6.74. The summed E-state index contributed by atoms with van der Waals surface area (Å²) in [5.74, 6) is 0.802. The third kappa shape index (κ3) is 5.85. The lowest BCUT2D eigenvalue weighted by Crippen LogP contribution is -2.26. The minimum absolute atomic E-state index is 0.0822. The fourth-order valence-electron chi connectivity index (χ4n) is 2.89. The second kappa shape index (κ2) is 10.1. The van der Waals surface area contributed by atoms with E-state index in [2.05, 4.69) is 5.32 Å². The molecule has 0 bridgehead atoms. The predicted molar refractivity (Wildman–Crippen MR) is 116 cm³/mol. The van der Waals surface area contributed by atoms with Crippen molar-refractivity contribution in [2.45, 2.75) is 6.54 Å². The van der Waals surface area contributed by atoms with Gasteiger partial charge in [0.2, 0.25) is 0 Å². The normalized spacial score (nSPS) is 10.2. The lowest BCUT2D eigenvalue weighted by molar-refractivity contribution is -0.118. The third-order valence-corrected chi connectivity index (χ3v) is 4.43. The van der Waals surface area contributed by atoms with Crippen LogP contribution in [0.5, 0.6) is 11.5 Å². The highest BCUT2D eigenvalue weighted by Crippen LogP contribution is 2.17. The molecule has 0 aromatic heterocycles. The van der Waals surface area contributed by atoms with Crippen molar-refractivity contribution in [3.8, 4) is 11.5 Å². The van der Waals surface area contributed by atoms with Gasteiger partial charge in [-0.3, -0.25) is 9.59 Å². The lowest BCUT2D eigenvalue weighted by Gasteiger charge is -2.17. The van der Waals surface area contributed by atoms with Gasteiger partial charge in [0.05, 0.1) is 7.11 Å². The molecule has 0 aliphatic rings. The van der Waals surface area contributed by atoms with Crippen LogP contribution in [-0.4, -0.2) is 37.5 Å². The van der Waals surface area contributed by atoms with Gasteiger partial charge in [0.15, 0.2) is 6.61 Å². The van der Waals surface area contributed by atoms with E-state index in [0.717, 1.165) is 5.56 Å². The smallest absolute Gasteiger partial charge is 0.262 e. The molecule has 3 aromatic carbocycles. The quantitative estimate of drug-likeness (QED) is 0.617. The Bertz CT molecular complexity index is 988. The molecule has 154 valence electrons. The number of benzene rings is 3. The van der Waals surface area contributed by atoms with E-state index in [1.54, 1.807) is 67.6 Å². The number of carbonyl (C=O) groups is 2. The lowest BCUT2D eigenvalue weighted by atomic mass is 10.1. The average molecular weight is 404 g/mol. The van der Waals surface area contributed by atoms with Gasteiger partial charge in [0.25, 0.3) is 11.8 Å². The average Bonchev–Trinajstić information content (AvgIpc) is 2.78. The molecule has 0 fully saturated rings. The van der Waals surface area contributed by atoms with Crippen molar-refractivity contribution < 1.29 is 19.1 Å². The Morgan fingerprint density at radius 2 is 1.63 bits per heavy atom. The van der Waals surface area contributed by atoms with E-state index >= 15 is 0 Å². The van der Waals surface area contributed by atoms with Gasteiger partial charge < -0.3 is 19.7 Å². The van der Waals surface area contributed by atoms with Crippen LogP contribution in [0.2, 0.25) is 0 Å². The van der Waals surface area contributed by atoms with Crippen LogP contribution in [0.3, 0.4) is 0 Å². The van der Waals surface area contributed by atoms with E-state index in [-0.39, 0.29) is 18.4 Å². The van der Waals surface area contributed by atoms with Crippen molar-refractivity contribution in [1.29, 1.82) is 0 Å². The summed E-state index contributed by atoms with van der Waals surface area (Å²) < 4.78 is 10.7. The van der Waals surface area contributed by atoms with E-state index in [1.165, 1.54) is 0 Å². The molecule has 0 heterocycles. The maximum Gasteiger partial charge on any atom is 0.262 e. The zero-order chi connectivity index (χ0) is 21.3. The van der Waals surface area contributed by atoms with Gasteiger partial charge in [0, 0.05) is 30.9 Å². The molecule has 3 rings (SSSR count). The first-order valence-corrected chi connectivity index (χ1v) is 9.51. The van der Waals surface area contributed by atoms with Gasteiger partial charge in [-0.25, -0.2) is 0 Å². The van der Waals surface area contributed by atoms with Crippen molar-refractivity contribution in [2.24, 2.45) is 0 Å². The Balaban J connectivity index is 1.51. The Morgan fingerprint density at radius 1 is 0.900 bits per heavy atom. The van der Waals surface area contributed by atoms with Crippen LogP contribution in [0.15, 0.2) is 78.9 Å². The summed E-state index contributed by atoms with van der Waals surface area (Å²) in [4.78, 5) is 26.3. The highest BCUT2D eigenvalue weighted by atomic mass is 16.5. The molecule has 0 saturated heterocycles. The highest BCUT2D eigenvalue weighted by molar-refractivity contribution is 5.94. The first-order valence-electron chi connectivity index (χ1n) is 9.51. The minimum Gasteiger partial charge on any atom is -0.497 e. The van der Waals surface area contributed by atoms with E-state index in [4.69, 9.17) is 9.47 Å². The van der Waals surface area contributed by atoms with Crippen LogP contribution in [0.1, 0.15) is 15.9 Å². The number of nitrogens with one attached hydrogen (secondary N) is 1. The molecule has 0 saturated carbocycles. The molecule has 1 N–H and O–H groups in total. The topological polar surface area (TPSA) is 67.9 Å². The fraction of sp³-hybridized carbons (Fsp3) is 0.167. The van der Waals surface area contributed by atoms with E-state index in [9.17, 15) is 9.59 Å². The van der Waals surface area contributed by atoms with Crippen LogP contribution in [-0.2, 0) is 11.3 Å². The fourth-order valence-corrected chi connectivity index (χ4v) is 2.89. The first-order chi connectivity index (χ1) is 14.5. The number of amides is 2. The molecule has 0 aliphatic carbocycles. The Hall–Kier alpha value is -3.80. The van der Waals surface area contributed by atoms with Gasteiger partial charge in [-0.15, -0.1) is 0 Å². The summed E-state index contributed by atoms with van der Waals surface area (Å²) in [5.41, 5.74) is 2.25. The number of rotatable bonds is 8. The molecule has 6 nitrogen and oxygen atoms in total. The number of nitrogens with zero attached hydrogens (tertiary/aromatic N) is 1. The summed E-state index contributed by atoms with van der Waals surface area (Å²) in [7, 11) is 3.33. The minimum atomic E-state index is -0.286. The van der Waals surface area contributed by atoms with Crippen molar-refractivity contribution >= 4 is 17.5 Å². The summed E-state index contributed by atoms with van der Waals surface area (Å²) in [6, 6.07) is 23.6. The number of anilines is 1. The maximum atomic E-state index is 12.6. The largest absolute Gasteiger partial charge is 0.497 e. The van der Waals surface area contributed by atoms with Crippen LogP contribution < -0.4 is 14.8 Å².